The van der Waals surface area contributed by atoms with E-state index < -0.39 is 9.84 Å². The Bertz CT molecular complexity index is 1380. The Morgan fingerprint density at radius 2 is 1.64 bits per heavy atom. The summed E-state index contributed by atoms with van der Waals surface area (Å²) < 4.78 is 31.3. The number of hydrogen-bond donors (Lipinski definition) is 1. The highest BCUT2D eigenvalue weighted by Gasteiger charge is 2.23. The molecule has 0 atom stereocenters. The summed E-state index contributed by atoms with van der Waals surface area (Å²) in [6, 6.07) is 22.7. The molecule has 1 aromatic heterocycles. The highest BCUT2D eigenvalue weighted by Crippen LogP contribution is 2.27. The summed E-state index contributed by atoms with van der Waals surface area (Å²) in [6.45, 7) is 2.10. The van der Waals surface area contributed by atoms with Crippen LogP contribution in [0.25, 0.3) is 11.5 Å². The molecule has 0 radical (unpaired) electrons. The monoisotopic (exact) mass is 480 g/mol. The molecule has 4 aromatic rings. The molecule has 1 amide bonds. The van der Waals surface area contributed by atoms with Crippen LogP contribution < -0.4 is 5.32 Å². The van der Waals surface area contributed by atoms with E-state index in [9.17, 15) is 13.2 Å². The van der Waals surface area contributed by atoms with Crippen molar-refractivity contribution in [3.8, 4) is 11.5 Å². The van der Waals surface area contributed by atoms with E-state index >= 15 is 0 Å². The average Bonchev–Trinajstić information content (AvgIpc) is 3.18. The number of hydrogen-bond acceptors (Lipinski definition) is 5. The third kappa shape index (κ3) is 5.32. The van der Waals surface area contributed by atoms with Crippen molar-refractivity contribution >= 4 is 27.3 Å². The van der Waals surface area contributed by atoms with Gasteiger partial charge >= 0.3 is 0 Å². The molecule has 0 aliphatic carbocycles. The van der Waals surface area contributed by atoms with E-state index in [0.717, 1.165) is 5.56 Å². The summed E-state index contributed by atoms with van der Waals surface area (Å²) in [7, 11) is -3.69. The van der Waals surface area contributed by atoms with Crippen LogP contribution in [0, 0.1) is 6.92 Å². The Hall–Kier alpha value is -3.42. The van der Waals surface area contributed by atoms with Crippen LogP contribution in [0.3, 0.4) is 0 Å². The second kappa shape index (κ2) is 9.60. The molecule has 0 saturated carbocycles. The van der Waals surface area contributed by atoms with E-state index in [2.05, 4.69) is 10.3 Å². The molecule has 0 aliphatic rings. The number of halogens is 1. The van der Waals surface area contributed by atoms with Crippen LogP contribution in [0.4, 0.5) is 0 Å². The number of aromatic nitrogens is 1. The first-order chi connectivity index (χ1) is 15.8. The van der Waals surface area contributed by atoms with Crippen molar-refractivity contribution in [3.63, 3.8) is 0 Å². The summed E-state index contributed by atoms with van der Waals surface area (Å²) in [6.07, 6.45) is 0. The van der Waals surface area contributed by atoms with E-state index in [1.54, 1.807) is 43.3 Å². The van der Waals surface area contributed by atoms with Crippen molar-refractivity contribution in [2.45, 2.75) is 24.1 Å². The summed E-state index contributed by atoms with van der Waals surface area (Å²) in [5.41, 5.74) is 2.46. The number of sulfone groups is 1. The smallest absolute Gasteiger partial charge is 0.251 e. The first-order valence-corrected chi connectivity index (χ1v) is 12.2. The molecule has 1 heterocycles. The second-order valence-corrected chi connectivity index (χ2v) is 9.82. The van der Waals surface area contributed by atoms with Crippen molar-refractivity contribution < 1.29 is 17.6 Å². The lowest BCUT2D eigenvalue weighted by atomic mass is 10.1. The molecule has 0 fully saturated rings. The zero-order valence-electron chi connectivity index (χ0n) is 17.8. The SMILES string of the molecule is Cc1oc(-c2ccc(C(=O)NCc3ccccc3)cc2)nc1CS(=O)(=O)c1ccccc1Cl. The van der Waals surface area contributed by atoms with Crippen LogP contribution in [0.5, 0.6) is 0 Å². The molecule has 6 nitrogen and oxygen atoms in total. The summed E-state index contributed by atoms with van der Waals surface area (Å²) in [5, 5.41) is 3.04. The van der Waals surface area contributed by atoms with Crippen LogP contribution in [0.1, 0.15) is 27.4 Å². The fraction of sp³-hybridized carbons (Fsp3) is 0.120. The number of amides is 1. The maximum atomic E-state index is 12.8. The van der Waals surface area contributed by atoms with Crippen molar-refractivity contribution in [1.29, 1.82) is 0 Å². The molecule has 0 unspecified atom stereocenters. The first kappa shape index (κ1) is 22.8. The zero-order valence-corrected chi connectivity index (χ0v) is 19.4. The van der Waals surface area contributed by atoms with Gasteiger partial charge in [-0.05, 0) is 48.9 Å². The van der Waals surface area contributed by atoms with Gasteiger partial charge in [-0.2, -0.15) is 0 Å². The van der Waals surface area contributed by atoms with Gasteiger partial charge in [0.05, 0.1) is 15.6 Å². The molecule has 168 valence electrons. The van der Waals surface area contributed by atoms with Crippen LogP contribution >= 0.6 is 11.6 Å². The molecule has 0 bridgehead atoms. The van der Waals surface area contributed by atoms with Crippen molar-refractivity contribution in [2.24, 2.45) is 0 Å². The van der Waals surface area contributed by atoms with Crippen LogP contribution in [-0.2, 0) is 22.1 Å². The van der Waals surface area contributed by atoms with Crippen molar-refractivity contribution in [1.82, 2.24) is 10.3 Å². The molecule has 1 N–H and O–H groups in total. The quantitative estimate of drug-likeness (QED) is 0.392. The van der Waals surface area contributed by atoms with E-state index in [1.165, 1.54) is 12.1 Å². The first-order valence-electron chi connectivity index (χ1n) is 10.2. The van der Waals surface area contributed by atoms with Gasteiger partial charge in [0.15, 0.2) is 9.84 Å². The maximum absolute atomic E-state index is 12.8. The Balaban J connectivity index is 1.47. The number of nitrogens with zero attached hydrogens (tertiary/aromatic N) is 1. The lowest BCUT2D eigenvalue weighted by Crippen LogP contribution is -2.22. The van der Waals surface area contributed by atoms with E-state index in [0.29, 0.717) is 29.1 Å². The Labute approximate surface area is 197 Å². The molecule has 3 aromatic carbocycles. The Morgan fingerprint density at radius 1 is 0.970 bits per heavy atom. The number of carbonyl (C=O) groups is 1. The van der Waals surface area contributed by atoms with Gasteiger partial charge in [-0.15, -0.1) is 0 Å². The number of rotatable bonds is 7. The summed E-state index contributed by atoms with van der Waals surface area (Å²) in [4.78, 5) is 16.9. The van der Waals surface area contributed by atoms with Crippen molar-refractivity contribution in [3.05, 3.63) is 106 Å². The third-order valence-corrected chi connectivity index (χ3v) is 7.20. The van der Waals surface area contributed by atoms with Crippen LogP contribution in [0.2, 0.25) is 5.02 Å². The van der Waals surface area contributed by atoms with Crippen LogP contribution in [0.15, 0.2) is 88.2 Å². The minimum atomic E-state index is -3.69. The highest BCUT2D eigenvalue weighted by molar-refractivity contribution is 7.90. The topological polar surface area (TPSA) is 89.3 Å². The van der Waals surface area contributed by atoms with Gasteiger partial charge in [-0.1, -0.05) is 54.1 Å². The number of oxazole rings is 1. The Kier molecular flexibility index (Phi) is 6.62. The minimum absolute atomic E-state index is 0.0569. The molecule has 33 heavy (non-hydrogen) atoms. The standard InChI is InChI=1S/C25H21ClN2O4S/c1-17-22(16-33(30,31)23-10-6-5-9-21(23)26)28-25(32-17)20-13-11-19(12-14-20)24(29)27-15-18-7-3-2-4-8-18/h2-14H,15-16H2,1H3,(H,27,29). The van der Waals surface area contributed by atoms with Gasteiger partial charge in [0.2, 0.25) is 5.89 Å². The molecule has 0 saturated heterocycles. The van der Waals surface area contributed by atoms with Crippen LogP contribution in [-0.4, -0.2) is 19.3 Å². The van der Waals surface area contributed by atoms with E-state index in [1.807, 2.05) is 30.3 Å². The predicted molar refractivity (Wildman–Crippen MR) is 127 cm³/mol. The minimum Gasteiger partial charge on any atom is -0.441 e. The zero-order chi connectivity index (χ0) is 23.4. The third-order valence-electron chi connectivity index (χ3n) is 5.08. The maximum Gasteiger partial charge on any atom is 0.251 e. The van der Waals surface area contributed by atoms with Gasteiger partial charge in [0.25, 0.3) is 5.91 Å². The molecular formula is C25H21ClN2O4S. The summed E-state index contributed by atoms with van der Waals surface area (Å²) >= 11 is 6.06. The summed E-state index contributed by atoms with van der Waals surface area (Å²) in [5.74, 6) is 0.172. The lowest BCUT2D eigenvalue weighted by Gasteiger charge is -2.06. The average molecular weight is 481 g/mol. The fourth-order valence-corrected chi connectivity index (χ4v) is 5.21. The highest BCUT2D eigenvalue weighted by atomic mass is 35.5. The van der Waals surface area contributed by atoms with Gasteiger partial charge in [0, 0.05) is 17.7 Å². The number of aryl methyl sites for hydroxylation is 1. The fourth-order valence-electron chi connectivity index (χ4n) is 3.28. The molecule has 8 heteroatoms. The normalized spacial score (nSPS) is 11.3. The molecule has 4 rings (SSSR count). The largest absolute Gasteiger partial charge is 0.441 e. The van der Waals surface area contributed by atoms with Gasteiger partial charge in [-0.25, -0.2) is 13.4 Å². The van der Waals surface area contributed by atoms with Gasteiger partial charge < -0.3 is 9.73 Å². The molecular weight excluding hydrogens is 460 g/mol. The van der Waals surface area contributed by atoms with Crippen molar-refractivity contribution in [2.75, 3.05) is 0 Å². The second-order valence-electron chi connectivity index (χ2n) is 7.46. The Morgan fingerprint density at radius 3 is 2.33 bits per heavy atom. The van der Waals surface area contributed by atoms with Gasteiger partial charge in [0.1, 0.15) is 11.5 Å². The predicted octanol–water partition coefficient (Wildman–Crippen LogP) is 5.21. The van der Waals surface area contributed by atoms with Gasteiger partial charge in [-0.3, -0.25) is 4.79 Å². The van der Waals surface area contributed by atoms with E-state index in [4.69, 9.17) is 16.0 Å². The number of carbonyl (C=O) groups excluding carboxylic acids is 1. The number of benzene rings is 3. The number of nitrogens with one attached hydrogen (secondary N) is 1. The lowest BCUT2D eigenvalue weighted by molar-refractivity contribution is 0.0951. The van der Waals surface area contributed by atoms with E-state index in [-0.39, 0.29) is 27.5 Å². The molecule has 0 aliphatic heterocycles. The molecule has 0 spiro atoms.